The zero-order valence-corrected chi connectivity index (χ0v) is 9.74. The van der Waals surface area contributed by atoms with Crippen LogP contribution in [0.3, 0.4) is 0 Å². The van der Waals surface area contributed by atoms with Crippen molar-refractivity contribution in [1.82, 2.24) is 10.3 Å². The topological polar surface area (TPSA) is 65.8 Å². The van der Waals surface area contributed by atoms with Crippen molar-refractivity contribution < 1.29 is 4.79 Å². The third kappa shape index (κ3) is 3.06. The highest BCUT2D eigenvalue weighted by atomic mass is 16.2. The van der Waals surface area contributed by atoms with Crippen LogP contribution in [0.5, 0.6) is 0 Å². The molecular formula is C12H15N3O. The van der Waals surface area contributed by atoms with Crippen LogP contribution in [0.25, 0.3) is 0 Å². The number of rotatable bonds is 3. The summed E-state index contributed by atoms with van der Waals surface area (Å²) in [7, 11) is 0. The lowest BCUT2D eigenvalue weighted by atomic mass is 9.95. The third-order valence-electron chi connectivity index (χ3n) is 2.22. The molecule has 1 N–H and O–H groups in total. The molecule has 16 heavy (non-hydrogen) atoms. The Bertz CT molecular complexity index is 432. The number of amides is 1. The second-order valence-corrected chi connectivity index (χ2v) is 4.19. The first-order chi connectivity index (χ1) is 7.45. The minimum absolute atomic E-state index is 0.279. The molecule has 4 heteroatoms. The van der Waals surface area contributed by atoms with Crippen LogP contribution >= 0.6 is 0 Å². The Hall–Kier alpha value is -1.89. The summed E-state index contributed by atoms with van der Waals surface area (Å²) in [4.78, 5) is 15.8. The molecule has 0 fully saturated rings. The zero-order valence-electron chi connectivity index (χ0n) is 9.74. The van der Waals surface area contributed by atoms with E-state index < -0.39 is 5.41 Å². The number of carbonyl (C=O) groups is 1. The zero-order chi connectivity index (χ0) is 12.2. The monoisotopic (exact) mass is 217 g/mol. The molecule has 0 saturated carbocycles. The van der Waals surface area contributed by atoms with Gasteiger partial charge in [0.1, 0.15) is 5.41 Å². The summed E-state index contributed by atoms with van der Waals surface area (Å²) in [5.41, 5.74) is 0.706. The maximum atomic E-state index is 11.6. The van der Waals surface area contributed by atoms with Crippen molar-refractivity contribution in [2.75, 3.05) is 0 Å². The third-order valence-corrected chi connectivity index (χ3v) is 2.22. The molecule has 0 atom stereocenters. The van der Waals surface area contributed by atoms with Crippen molar-refractivity contribution in [3.05, 3.63) is 29.6 Å². The Morgan fingerprint density at radius 3 is 2.81 bits per heavy atom. The first-order valence-electron chi connectivity index (χ1n) is 5.08. The second kappa shape index (κ2) is 4.75. The maximum absolute atomic E-state index is 11.6. The minimum Gasteiger partial charge on any atom is -0.349 e. The summed E-state index contributed by atoms with van der Waals surface area (Å²) >= 11 is 0. The summed E-state index contributed by atoms with van der Waals surface area (Å²) in [5, 5.41) is 11.5. The van der Waals surface area contributed by atoms with Gasteiger partial charge in [0.2, 0.25) is 5.91 Å². The van der Waals surface area contributed by atoms with Gasteiger partial charge in [-0.05, 0) is 32.9 Å². The normalized spacial score (nSPS) is 10.6. The van der Waals surface area contributed by atoms with Crippen LogP contribution in [0.15, 0.2) is 18.2 Å². The molecule has 1 aromatic rings. The Morgan fingerprint density at radius 1 is 1.56 bits per heavy atom. The van der Waals surface area contributed by atoms with E-state index in [0.29, 0.717) is 6.54 Å². The molecule has 0 bridgehead atoms. The quantitative estimate of drug-likeness (QED) is 0.835. The van der Waals surface area contributed by atoms with Crippen molar-refractivity contribution in [1.29, 1.82) is 5.26 Å². The molecule has 84 valence electrons. The highest BCUT2D eigenvalue weighted by Crippen LogP contribution is 2.12. The van der Waals surface area contributed by atoms with Gasteiger partial charge in [0.15, 0.2) is 0 Å². The van der Waals surface area contributed by atoms with Crippen LogP contribution in [0.1, 0.15) is 25.2 Å². The predicted octanol–water partition coefficient (Wildman–Crippen LogP) is 1.56. The first-order valence-corrected chi connectivity index (χ1v) is 5.08. The average Bonchev–Trinajstić information content (AvgIpc) is 2.26. The van der Waals surface area contributed by atoms with Crippen molar-refractivity contribution in [2.24, 2.45) is 5.41 Å². The fraction of sp³-hybridized carbons (Fsp3) is 0.417. The smallest absolute Gasteiger partial charge is 0.240 e. The van der Waals surface area contributed by atoms with Gasteiger partial charge in [-0.2, -0.15) is 5.26 Å². The lowest BCUT2D eigenvalue weighted by Gasteiger charge is -2.14. The lowest BCUT2D eigenvalue weighted by molar-refractivity contribution is -0.126. The molecule has 1 aromatic heterocycles. The summed E-state index contributed by atoms with van der Waals surface area (Å²) in [5.74, 6) is -0.279. The largest absolute Gasteiger partial charge is 0.349 e. The number of aromatic nitrogens is 1. The van der Waals surface area contributed by atoms with Crippen molar-refractivity contribution in [3.63, 3.8) is 0 Å². The maximum Gasteiger partial charge on any atom is 0.240 e. The van der Waals surface area contributed by atoms with E-state index in [-0.39, 0.29) is 5.91 Å². The SMILES string of the molecule is Cc1cccc(CNC(=O)C(C)(C)C#N)n1. The van der Waals surface area contributed by atoms with E-state index in [1.165, 1.54) is 0 Å². The number of nitriles is 1. The van der Waals surface area contributed by atoms with E-state index in [0.717, 1.165) is 11.4 Å². The Kier molecular flexibility index (Phi) is 3.62. The van der Waals surface area contributed by atoms with E-state index in [4.69, 9.17) is 5.26 Å². The Balaban J connectivity index is 2.60. The van der Waals surface area contributed by atoms with Crippen molar-refractivity contribution in [2.45, 2.75) is 27.3 Å². The first kappa shape index (κ1) is 12.2. The molecule has 1 heterocycles. The molecule has 0 aromatic carbocycles. The van der Waals surface area contributed by atoms with Gasteiger partial charge in [0, 0.05) is 5.69 Å². The van der Waals surface area contributed by atoms with Crippen molar-refractivity contribution in [3.8, 4) is 6.07 Å². The van der Waals surface area contributed by atoms with Gasteiger partial charge in [-0.3, -0.25) is 9.78 Å². The van der Waals surface area contributed by atoms with Gasteiger partial charge < -0.3 is 5.32 Å². The highest BCUT2D eigenvalue weighted by molar-refractivity contribution is 5.84. The van der Waals surface area contributed by atoms with Gasteiger partial charge in [0.05, 0.1) is 18.3 Å². The number of carbonyl (C=O) groups excluding carboxylic acids is 1. The Morgan fingerprint density at radius 2 is 2.25 bits per heavy atom. The molecule has 0 unspecified atom stereocenters. The molecule has 1 rings (SSSR count). The van der Waals surface area contributed by atoms with Gasteiger partial charge in [-0.1, -0.05) is 6.07 Å². The van der Waals surface area contributed by atoms with Gasteiger partial charge >= 0.3 is 0 Å². The average molecular weight is 217 g/mol. The molecule has 0 saturated heterocycles. The fourth-order valence-electron chi connectivity index (χ4n) is 1.14. The fourth-order valence-corrected chi connectivity index (χ4v) is 1.14. The number of hydrogen-bond donors (Lipinski definition) is 1. The molecular weight excluding hydrogens is 202 g/mol. The van der Waals surface area contributed by atoms with Crippen LogP contribution in [0.4, 0.5) is 0 Å². The van der Waals surface area contributed by atoms with Gasteiger partial charge in [0.25, 0.3) is 0 Å². The molecule has 0 radical (unpaired) electrons. The number of pyridine rings is 1. The van der Waals surface area contributed by atoms with Crippen LogP contribution in [0.2, 0.25) is 0 Å². The molecule has 0 aliphatic rings. The second-order valence-electron chi connectivity index (χ2n) is 4.19. The van der Waals surface area contributed by atoms with E-state index in [2.05, 4.69) is 10.3 Å². The van der Waals surface area contributed by atoms with Crippen LogP contribution < -0.4 is 5.32 Å². The van der Waals surface area contributed by atoms with Gasteiger partial charge in [-0.25, -0.2) is 0 Å². The Labute approximate surface area is 95.3 Å². The van der Waals surface area contributed by atoms with Crippen LogP contribution in [0, 0.1) is 23.7 Å². The number of nitrogens with one attached hydrogen (secondary N) is 1. The van der Waals surface area contributed by atoms with E-state index in [1.54, 1.807) is 13.8 Å². The molecule has 0 spiro atoms. The lowest BCUT2D eigenvalue weighted by Crippen LogP contribution is -2.35. The van der Waals surface area contributed by atoms with Gasteiger partial charge in [-0.15, -0.1) is 0 Å². The highest BCUT2D eigenvalue weighted by Gasteiger charge is 2.26. The molecule has 4 nitrogen and oxygen atoms in total. The summed E-state index contributed by atoms with van der Waals surface area (Å²) in [6.07, 6.45) is 0. The van der Waals surface area contributed by atoms with E-state index in [1.807, 2.05) is 31.2 Å². The summed E-state index contributed by atoms with van der Waals surface area (Å²) < 4.78 is 0. The molecule has 0 aliphatic carbocycles. The standard InChI is InChI=1S/C12H15N3O/c1-9-5-4-6-10(15-9)7-14-11(16)12(2,3)8-13/h4-6H,7H2,1-3H3,(H,14,16). The number of aryl methyl sites for hydroxylation is 1. The molecule has 1 amide bonds. The van der Waals surface area contributed by atoms with Crippen LogP contribution in [-0.4, -0.2) is 10.9 Å². The number of hydrogen-bond acceptors (Lipinski definition) is 3. The number of nitrogens with zero attached hydrogens (tertiary/aromatic N) is 2. The van der Waals surface area contributed by atoms with E-state index >= 15 is 0 Å². The predicted molar refractivity (Wildman–Crippen MR) is 60.2 cm³/mol. The van der Waals surface area contributed by atoms with Crippen molar-refractivity contribution >= 4 is 5.91 Å². The summed E-state index contributed by atoms with van der Waals surface area (Å²) in [6, 6.07) is 7.58. The van der Waals surface area contributed by atoms with E-state index in [9.17, 15) is 4.79 Å². The molecule has 0 aliphatic heterocycles. The minimum atomic E-state index is -0.996. The summed E-state index contributed by atoms with van der Waals surface area (Å²) in [6.45, 7) is 5.42. The van der Waals surface area contributed by atoms with Crippen LogP contribution in [-0.2, 0) is 11.3 Å².